The molecule has 0 spiro atoms. The molecule has 0 amide bonds. The molecule has 1 aromatic rings. The summed E-state index contributed by atoms with van der Waals surface area (Å²) >= 11 is 0. The van der Waals surface area contributed by atoms with Gasteiger partial charge in [-0.15, -0.1) is 0 Å². The number of hydrogen-bond acceptors (Lipinski definition) is 3. The van der Waals surface area contributed by atoms with Crippen molar-refractivity contribution in [2.45, 2.75) is 39.2 Å². The molecule has 1 aromatic carbocycles. The predicted octanol–water partition coefficient (Wildman–Crippen LogP) is 3.02. The normalized spacial score (nSPS) is 12.2. The lowest BCUT2D eigenvalue weighted by Crippen LogP contribution is -2.07. The molecule has 0 aliphatic heterocycles. The Morgan fingerprint density at radius 3 is 2.53 bits per heavy atom. The minimum Gasteiger partial charge on any atom is -0.494 e. The first-order valence-corrected chi connectivity index (χ1v) is 6.30. The average Bonchev–Trinajstić information content (AvgIpc) is 2.35. The van der Waals surface area contributed by atoms with Crippen molar-refractivity contribution < 1.29 is 14.6 Å². The van der Waals surface area contributed by atoms with Gasteiger partial charge in [-0.25, -0.2) is 0 Å². The van der Waals surface area contributed by atoms with E-state index >= 15 is 0 Å². The maximum absolute atomic E-state index is 9.39. The number of aliphatic hydroxyl groups excluding tert-OH is 1. The molecule has 96 valence electrons. The fourth-order valence-electron chi connectivity index (χ4n) is 1.53. The van der Waals surface area contributed by atoms with Gasteiger partial charge in [0.1, 0.15) is 11.5 Å². The standard InChI is InChI=1S/C14H22O3/c1-3-12(15)7-6-10-17-14-9-5-8-13(11-14)16-4-2/h5,8-9,11-12,15H,3-4,6-7,10H2,1-2H3. The van der Waals surface area contributed by atoms with Gasteiger partial charge in [0, 0.05) is 6.07 Å². The van der Waals surface area contributed by atoms with Crippen molar-refractivity contribution >= 4 is 0 Å². The zero-order chi connectivity index (χ0) is 12.5. The van der Waals surface area contributed by atoms with E-state index in [1.807, 2.05) is 38.1 Å². The van der Waals surface area contributed by atoms with Crippen LogP contribution in [0.3, 0.4) is 0 Å². The fraction of sp³-hybridized carbons (Fsp3) is 0.571. The van der Waals surface area contributed by atoms with Crippen LogP contribution in [0.5, 0.6) is 11.5 Å². The molecule has 0 saturated heterocycles. The molecule has 0 radical (unpaired) electrons. The van der Waals surface area contributed by atoms with Gasteiger partial charge in [0.05, 0.1) is 19.3 Å². The Morgan fingerprint density at radius 1 is 1.18 bits per heavy atom. The van der Waals surface area contributed by atoms with E-state index in [1.165, 1.54) is 0 Å². The van der Waals surface area contributed by atoms with E-state index in [-0.39, 0.29) is 6.10 Å². The van der Waals surface area contributed by atoms with Gasteiger partial charge < -0.3 is 14.6 Å². The lowest BCUT2D eigenvalue weighted by Gasteiger charge is -2.10. The second-order valence-corrected chi connectivity index (χ2v) is 3.96. The van der Waals surface area contributed by atoms with Gasteiger partial charge in [0.25, 0.3) is 0 Å². The van der Waals surface area contributed by atoms with Crippen LogP contribution in [-0.2, 0) is 0 Å². The van der Waals surface area contributed by atoms with Gasteiger partial charge >= 0.3 is 0 Å². The molecule has 0 aromatic heterocycles. The summed E-state index contributed by atoms with van der Waals surface area (Å²) in [5.41, 5.74) is 0. The van der Waals surface area contributed by atoms with Crippen LogP contribution in [0, 0.1) is 0 Å². The van der Waals surface area contributed by atoms with Gasteiger partial charge in [-0.3, -0.25) is 0 Å². The molecule has 0 bridgehead atoms. The molecule has 1 rings (SSSR count). The van der Waals surface area contributed by atoms with E-state index in [1.54, 1.807) is 0 Å². The zero-order valence-corrected chi connectivity index (χ0v) is 10.7. The maximum Gasteiger partial charge on any atom is 0.122 e. The third-order valence-electron chi connectivity index (χ3n) is 2.54. The average molecular weight is 238 g/mol. The summed E-state index contributed by atoms with van der Waals surface area (Å²) in [5.74, 6) is 1.65. The van der Waals surface area contributed by atoms with E-state index in [0.717, 1.165) is 30.8 Å². The van der Waals surface area contributed by atoms with Crippen molar-refractivity contribution in [2.75, 3.05) is 13.2 Å². The van der Waals surface area contributed by atoms with Crippen LogP contribution in [0.2, 0.25) is 0 Å². The first-order valence-electron chi connectivity index (χ1n) is 6.30. The molecule has 0 fully saturated rings. The number of aliphatic hydroxyl groups is 1. The molecule has 3 heteroatoms. The summed E-state index contributed by atoms with van der Waals surface area (Å²) in [7, 11) is 0. The largest absolute Gasteiger partial charge is 0.494 e. The molecule has 3 nitrogen and oxygen atoms in total. The van der Waals surface area contributed by atoms with Crippen molar-refractivity contribution in [1.29, 1.82) is 0 Å². The molecule has 1 atom stereocenters. The lowest BCUT2D eigenvalue weighted by atomic mass is 10.1. The number of benzene rings is 1. The summed E-state index contributed by atoms with van der Waals surface area (Å²) in [6.07, 6.45) is 2.27. The highest BCUT2D eigenvalue weighted by Crippen LogP contribution is 2.19. The van der Waals surface area contributed by atoms with Gasteiger partial charge in [-0.2, -0.15) is 0 Å². The Balaban J connectivity index is 2.28. The number of ether oxygens (including phenoxy) is 2. The van der Waals surface area contributed by atoms with Crippen molar-refractivity contribution in [3.05, 3.63) is 24.3 Å². The Hall–Kier alpha value is -1.22. The molecule has 1 N–H and O–H groups in total. The third-order valence-corrected chi connectivity index (χ3v) is 2.54. The molecule has 0 saturated carbocycles. The molecule has 0 aliphatic rings. The predicted molar refractivity (Wildman–Crippen MR) is 68.6 cm³/mol. The topological polar surface area (TPSA) is 38.7 Å². The molecule has 0 aliphatic carbocycles. The Bertz CT molecular complexity index is 312. The van der Waals surface area contributed by atoms with Crippen LogP contribution < -0.4 is 9.47 Å². The minimum absolute atomic E-state index is 0.201. The van der Waals surface area contributed by atoms with E-state index in [4.69, 9.17) is 9.47 Å². The van der Waals surface area contributed by atoms with Crippen molar-refractivity contribution in [2.24, 2.45) is 0 Å². The van der Waals surface area contributed by atoms with Gasteiger partial charge in [0.2, 0.25) is 0 Å². The SMILES string of the molecule is CCOc1cccc(OCCCC(O)CC)c1. The van der Waals surface area contributed by atoms with Crippen LogP contribution in [-0.4, -0.2) is 24.4 Å². The second-order valence-electron chi connectivity index (χ2n) is 3.96. The van der Waals surface area contributed by atoms with Gasteiger partial charge in [-0.1, -0.05) is 13.0 Å². The summed E-state index contributed by atoms with van der Waals surface area (Å²) < 4.78 is 11.0. The smallest absolute Gasteiger partial charge is 0.122 e. The van der Waals surface area contributed by atoms with Crippen molar-refractivity contribution in [3.8, 4) is 11.5 Å². The monoisotopic (exact) mass is 238 g/mol. The third kappa shape index (κ3) is 5.59. The highest BCUT2D eigenvalue weighted by atomic mass is 16.5. The number of rotatable bonds is 8. The Kier molecular flexibility index (Phi) is 6.48. The molecule has 1 unspecified atom stereocenters. The van der Waals surface area contributed by atoms with Crippen molar-refractivity contribution in [1.82, 2.24) is 0 Å². The van der Waals surface area contributed by atoms with Crippen LogP contribution in [0.4, 0.5) is 0 Å². The van der Waals surface area contributed by atoms with Crippen molar-refractivity contribution in [3.63, 3.8) is 0 Å². The zero-order valence-electron chi connectivity index (χ0n) is 10.7. The highest BCUT2D eigenvalue weighted by Gasteiger charge is 2.01. The first kappa shape index (κ1) is 13.8. The van der Waals surface area contributed by atoms with Crippen LogP contribution >= 0.6 is 0 Å². The molecule has 0 heterocycles. The minimum atomic E-state index is -0.201. The first-order chi connectivity index (χ1) is 8.26. The van der Waals surface area contributed by atoms with Gasteiger partial charge in [0.15, 0.2) is 0 Å². The quantitative estimate of drug-likeness (QED) is 0.707. The van der Waals surface area contributed by atoms with E-state index in [2.05, 4.69) is 0 Å². The molecular formula is C14H22O3. The van der Waals surface area contributed by atoms with Crippen LogP contribution in [0.25, 0.3) is 0 Å². The Morgan fingerprint density at radius 2 is 1.88 bits per heavy atom. The molecule has 17 heavy (non-hydrogen) atoms. The summed E-state index contributed by atoms with van der Waals surface area (Å²) in [6.45, 7) is 5.23. The van der Waals surface area contributed by atoms with E-state index in [0.29, 0.717) is 13.2 Å². The summed E-state index contributed by atoms with van der Waals surface area (Å²) in [5, 5.41) is 9.39. The van der Waals surface area contributed by atoms with Crippen LogP contribution in [0.15, 0.2) is 24.3 Å². The second kappa shape index (κ2) is 7.96. The molecular weight excluding hydrogens is 216 g/mol. The van der Waals surface area contributed by atoms with E-state index in [9.17, 15) is 5.11 Å². The fourth-order valence-corrected chi connectivity index (χ4v) is 1.53. The van der Waals surface area contributed by atoms with Gasteiger partial charge in [-0.05, 0) is 38.3 Å². The Labute approximate surface area is 103 Å². The highest BCUT2D eigenvalue weighted by molar-refractivity contribution is 5.32. The summed E-state index contributed by atoms with van der Waals surface area (Å²) in [6, 6.07) is 7.64. The number of hydrogen-bond donors (Lipinski definition) is 1. The van der Waals surface area contributed by atoms with Crippen LogP contribution in [0.1, 0.15) is 33.1 Å². The lowest BCUT2D eigenvalue weighted by molar-refractivity contribution is 0.148. The van der Waals surface area contributed by atoms with E-state index < -0.39 is 0 Å². The summed E-state index contributed by atoms with van der Waals surface area (Å²) in [4.78, 5) is 0. The maximum atomic E-state index is 9.39.